The number of hydrogen-bond acceptors (Lipinski definition) is 3. The summed E-state index contributed by atoms with van der Waals surface area (Å²) in [5, 5.41) is 7.86. The number of benzene rings is 3. The lowest BCUT2D eigenvalue weighted by Gasteiger charge is -2.11. The highest BCUT2D eigenvalue weighted by atomic mass is 19.4. The molecule has 0 spiro atoms. The number of halogens is 4. The van der Waals surface area contributed by atoms with Gasteiger partial charge < -0.3 is 16.0 Å². The zero-order valence-corrected chi connectivity index (χ0v) is 16.0. The highest BCUT2D eigenvalue weighted by molar-refractivity contribution is 6.05. The van der Waals surface area contributed by atoms with Crippen molar-refractivity contribution in [1.29, 1.82) is 0 Å². The van der Waals surface area contributed by atoms with Crippen molar-refractivity contribution in [1.82, 2.24) is 0 Å². The van der Waals surface area contributed by atoms with Crippen LogP contribution in [0.2, 0.25) is 0 Å². The largest absolute Gasteiger partial charge is 0.416 e. The first kappa shape index (κ1) is 21.8. The van der Waals surface area contributed by atoms with Gasteiger partial charge in [-0.25, -0.2) is 4.39 Å². The molecule has 3 aromatic rings. The van der Waals surface area contributed by atoms with E-state index in [2.05, 4.69) is 16.0 Å². The van der Waals surface area contributed by atoms with Crippen molar-refractivity contribution in [3.8, 4) is 0 Å². The highest BCUT2D eigenvalue weighted by Gasteiger charge is 2.30. The van der Waals surface area contributed by atoms with Crippen LogP contribution in [-0.4, -0.2) is 18.4 Å². The molecule has 31 heavy (non-hydrogen) atoms. The fourth-order valence-electron chi connectivity index (χ4n) is 2.67. The summed E-state index contributed by atoms with van der Waals surface area (Å²) in [5.41, 5.74) is 0.236. The molecule has 3 N–H and O–H groups in total. The number of alkyl halides is 3. The Hall–Kier alpha value is -3.88. The second kappa shape index (κ2) is 9.29. The molecule has 3 rings (SSSR count). The molecule has 0 aliphatic heterocycles. The normalized spacial score (nSPS) is 11.0. The zero-order chi connectivity index (χ0) is 22.4. The van der Waals surface area contributed by atoms with Crippen LogP contribution in [-0.2, 0) is 11.0 Å². The Balaban J connectivity index is 1.60. The first-order chi connectivity index (χ1) is 14.7. The minimum Gasteiger partial charge on any atom is -0.376 e. The molecule has 0 radical (unpaired) electrons. The van der Waals surface area contributed by atoms with Crippen molar-refractivity contribution in [2.45, 2.75) is 6.18 Å². The third-order valence-corrected chi connectivity index (χ3v) is 4.15. The predicted octanol–water partition coefficient (Wildman–Crippen LogP) is 5.15. The maximum Gasteiger partial charge on any atom is 0.416 e. The number of nitrogens with one attached hydrogen (secondary N) is 3. The third-order valence-electron chi connectivity index (χ3n) is 4.15. The summed E-state index contributed by atoms with van der Waals surface area (Å²) in [6, 6.07) is 15.8. The summed E-state index contributed by atoms with van der Waals surface area (Å²) in [7, 11) is 0. The Morgan fingerprint density at radius 3 is 2.16 bits per heavy atom. The van der Waals surface area contributed by atoms with Gasteiger partial charge in [0.1, 0.15) is 5.82 Å². The van der Waals surface area contributed by atoms with E-state index >= 15 is 0 Å². The molecule has 2 amide bonds. The Labute approximate surface area is 175 Å². The Bertz CT molecular complexity index is 1080. The van der Waals surface area contributed by atoms with Crippen LogP contribution >= 0.6 is 0 Å². The maximum absolute atomic E-state index is 12.9. The SMILES string of the molecule is O=C(CNc1cccc(C(=O)Nc2cccc(C(F)(F)F)c2)c1)Nc1ccc(F)cc1. The number of hydrogen-bond donors (Lipinski definition) is 3. The molecule has 0 atom stereocenters. The second-order valence-corrected chi connectivity index (χ2v) is 6.52. The van der Waals surface area contributed by atoms with Crippen LogP contribution in [0.4, 0.5) is 34.6 Å². The van der Waals surface area contributed by atoms with Crippen molar-refractivity contribution in [2.24, 2.45) is 0 Å². The summed E-state index contributed by atoms with van der Waals surface area (Å²) in [5.74, 6) is -1.40. The average Bonchev–Trinajstić information content (AvgIpc) is 2.74. The van der Waals surface area contributed by atoms with Gasteiger partial charge in [-0.2, -0.15) is 13.2 Å². The molecule has 0 heterocycles. The van der Waals surface area contributed by atoms with E-state index in [-0.39, 0.29) is 23.7 Å². The Morgan fingerprint density at radius 2 is 1.45 bits per heavy atom. The lowest BCUT2D eigenvalue weighted by atomic mass is 10.1. The van der Waals surface area contributed by atoms with Crippen molar-refractivity contribution in [3.63, 3.8) is 0 Å². The molecule has 0 aliphatic carbocycles. The first-order valence-corrected chi connectivity index (χ1v) is 9.09. The van der Waals surface area contributed by atoms with Gasteiger partial charge in [-0.3, -0.25) is 9.59 Å². The Morgan fingerprint density at radius 1 is 0.774 bits per heavy atom. The molecule has 0 saturated carbocycles. The van der Waals surface area contributed by atoms with Gasteiger partial charge in [-0.15, -0.1) is 0 Å². The van der Waals surface area contributed by atoms with Crippen molar-refractivity contribution < 1.29 is 27.2 Å². The average molecular weight is 431 g/mol. The molecule has 0 aliphatic rings. The van der Waals surface area contributed by atoms with E-state index < -0.39 is 23.5 Å². The molecule has 160 valence electrons. The van der Waals surface area contributed by atoms with E-state index in [1.807, 2.05) is 0 Å². The standard InChI is InChI=1S/C22H17F4N3O2/c23-16-7-9-17(10-8-16)28-20(30)13-27-18-5-1-3-14(11-18)21(31)29-19-6-2-4-15(12-19)22(24,25)26/h1-12,27H,13H2,(H,28,30)(H,29,31). The number of amides is 2. The van der Waals surface area contributed by atoms with Crippen LogP contribution < -0.4 is 16.0 Å². The monoisotopic (exact) mass is 431 g/mol. The number of anilines is 3. The summed E-state index contributed by atoms with van der Waals surface area (Å²) in [6.07, 6.45) is -4.51. The minimum absolute atomic E-state index is 0.0110. The van der Waals surface area contributed by atoms with E-state index in [0.717, 1.165) is 12.1 Å². The molecule has 0 unspecified atom stereocenters. The van der Waals surface area contributed by atoms with Gasteiger partial charge in [-0.1, -0.05) is 12.1 Å². The topological polar surface area (TPSA) is 70.2 Å². The van der Waals surface area contributed by atoms with Crippen LogP contribution in [0.25, 0.3) is 0 Å². The third kappa shape index (κ3) is 6.30. The van der Waals surface area contributed by atoms with Gasteiger partial charge in [-0.05, 0) is 60.7 Å². The number of rotatable bonds is 6. The summed E-state index contributed by atoms with van der Waals surface area (Å²) >= 11 is 0. The van der Waals surface area contributed by atoms with E-state index in [4.69, 9.17) is 0 Å². The van der Waals surface area contributed by atoms with Crippen LogP contribution in [0.15, 0.2) is 72.8 Å². The van der Waals surface area contributed by atoms with Gasteiger partial charge in [0.2, 0.25) is 5.91 Å². The van der Waals surface area contributed by atoms with E-state index in [9.17, 15) is 27.2 Å². The molecule has 0 aromatic heterocycles. The molecule has 0 fully saturated rings. The fraction of sp³-hybridized carbons (Fsp3) is 0.0909. The fourth-order valence-corrected chi connectivity index (χ4v) is 2.67. The molecular weight excluding hydrogens is 414 g/mol. The van der Waals surface area contributed by atoms with E-state index in [1.54, 1.807) is 12.1 Å². The Kier molecular flexibility index (Phi) is 6.54. The molecule has 5 nitrogen and oxygen atoms in total. The molecular formula is C22H17F4N3O2. The minimum atomic E-state index is -4.51. The quantitative estimate of drug-likeness (QED) is 0.473. The van der Waals surface area contributed by atoms with E-state index in [0.29, 0.717) is 11.4 Å². The first-order valence-electron chi connectivity index (χ1n) is 9.09. The van der Waals surface area contributed by atoms with Crippen molar-refractivity contribution in [2.75, 3.05) is 22.5 Å². The van der Waals surface area contributed by atoms with Crippen molar-refractivity contribution >= 4 is 28.9 Å². The van der Waals surface area contributed by atoms with Crippen molar-refractivity contribution in [3.05, 3.63) is 89.7 Å². The van der Waals surface area contributed by atoms with Gasteiger partial charge in [0.05, 0.1) is 12.1 Å². The van der Waals surface area contributed by atoms with Gasteiger partial charge in [0.15, 0.2) is 0 Å². The predicted molar refractivity (Wildman–Crippen MR) is 109 cm³/mol. The van der Waals surface area contributed by atoms with Crippen LogP contribution in [0.1, 0.15) is 15.9 Å². The van der Waals surface area contributed by atoms with Gasteiger partial charge in [0.25, 0.3) is 5.91 Å². The molecule has 0 bridgehead atoms. The smallest absolute Gasteiger partial charge is 0.376 e. The summed E-state index contributed by atoms with van der Waals surface area (Å²) in [4.78, 5) is 24.4. The van der Waals surface area contributed by atoms with Crippen LogP contribution in [0, 0.1) is 5.82 Å². The summed E-state index contributed by atoms with van der Waals surface area (Å²) < 4.78 is 51.3. The number of carbonyl (C=O) groups excluding carboxylic acids is 2. The number of carbonyl (C=O) groups is 2. The van der Waals surface area contributed by atoms with Gasteiger partial charge >= 0.3 is 6.18 Å². The highest BCUT2D eigenvalue weighted by Crippen LogP contribution is 2.30. The molecule has 0 saturated heterocycles. The molecule has 9 heteroatoms. The lowest BCUT2D eigenvalue weighted by Crippen LogP contribution is -2.22. The maximum atomic E-state index is 12.9. The van der Waals surface area contributed by atoms with E-state index in [1.165, 1.54) is 48.5 Å². The summed E-state index contributed by atoms with van der Waals surface area (Å²) in [6.45, 7) is -0.115. The zero-order valence-electron chi connectivity index (χ0n) is 16.0. The lowest BCUT2D eigenvalue weighted by molar-refractivity contribution is -0.137. The van der Waals surface area contributed by atoms with Crippen LogP contribution in [0.3, 0.4) is 0 Å². The van der Waals surface area contributed by atoms with Gasteiger partial charge in [0, 0.05) is 22.6 Å². The van der Waals surface area contributed by atoms with Crippen LogP contribution in [0.5, 0.6) is 0 Å². The second-order valence-electron chi connectivity index (χ2n) is 6.52. The molecule has 3 aromatic carbocycles.